The highest BCUT2D eigenvalue weighted by Gasteiger charge is 2.18. The lowest BCUT2D eigenvalue weighted by atomic mass is 10.1. The third-order valence-corrected chi connectivity index (χ3v) is 5.30. The monoisotopic (exact) mass is 334 g/mol. The first kappa shape index (κ1) is 15.0. The number of guanidine groups is 1. The predicted molar refractivity (Wildman–Crippen MR) is 94.9 cm³/mol. The van der Waals surface area contributed by atoms with Crippen molar-refractivity contribution in [2.75, 3.05) is 18.0 Å². The van der Waals surface area contributed by atoms with Crippen molar-refractivity contribution < 1.29 is 0 Å². The number of rotatable bonds is 4. The first-order chi connectivity index (χ1) is 10.7. The van der Waals surface area contributed by atoms with Crippen molar-refractivity contribution in [3.8, 4) is 10.6 Å². The van der Waals surface area contributed by atoms with Crippen molar-refractivity contribution in [2.24, 2.45) is 21.7 Å². The van der Waals surface area contributed by atoms with Gasteiger partial charge in [-0.2, -0.15) is 5.10 Å². The maximum Gasteiger partial charge on any atom is 0.211 e. The van der Waals surface area contributed by atoms with E-state index in [1.54, 1.807) is 28.9 Å². The Morgan fingerprint density at radius 2 is 2.09 bits per heavy atom. The van der Waals surface area contributed by atoms with E-state index in [1.165, 1.54) is 19.3 Å². The van der Waals surface area contributed by atoms with Gasteiger partial charge in [0.2, 0.25) is 5.96 Å². The summed E-state index contributed by atoms with van der Waals surface area (Å²) >= 11 is 3.31. The third-order valence-electron chi connectivity index (χ3n) is 3.37. The lowest BCUT2D eigenvalue weighted by Gasteiger charge is -2.25. The molecule has 8 heteroatoms. The van der Waals surface area contributed by atoms with Crippen molar-refractivity contribution in [1.82, 2.24) is 4.98 Å². The molecule has 0 amide bonds. The molecule has 0 unspecified atom stereocenters. The van der Waals surface area contributed by atoms with Gasteiger partial charge in [-0.15, -0.1) is 16.4 Å². The molecular weight excluding hydrogens is 316 g/mol. The first-order valence-electron chi connectivity index (χ1n) is 7.15. The molecule has 0 radical (unpaired) electrons. The molecule has 0 saturated carbocycles. The molecule has 0 aliphatic carbocycles. The lowest BCUT2D eigenvalue weighted by Crippen LogP contribution is -2.29. The summed E-state index contributed by atoms with van der Waals surface area (Å²) in [4.78, 5) is 9.29. The summed E-state index contributed by atoms with van der Waals surface area (Å²) in [5, 5.41) is 10.7. The molecule has 4 N–H and O–H groups in total. The van der Waals surface area contributed by atoms with Crippen molar-refractivity contribution >= 4 is 40.0 Å². The number of thiophene rings is 1. The highest BCUT2D eigenvalue weighted by atomic mass is 32.1. The fraction of sp³-hybridized carbons (Fsp3) is 0.357. The van der Waals surface area contributed by atoms with Gasteiger partial charge in [-0.3, -0.25) is 0 Å². The minimum absolute atomic E-state index is 0.0466. The first-order valence-corrected chi connectivity index (χ1v) is 8.85. The van der Waals surface area contributed by atoms with Crippen LogP contribution in [-0.4, -0.2) is 30.2 Å². The Kier molecular flexibility index (Phi) is 4.69. The molecule has 2 aromatic rings. The minimum Gasteiger partial charge on any atom is -0.369 e. The number of aromatic nitrogens is 1. The number of hydrogen-bond acceptors (Lipinski definition) is 6. The second-order valence-electron chi connectivity index (χ2n) is 5.00. The summed E-state index contributed by atoms with van der Waals surface area (Å²) in [6, 6.07) is 4.09. The van der Waals surface area contributed by atoms with Crippen LogP contribution in [0.4, 0.5) is 5.13 Å². The fourth-order valence-electron chi connectivity index (χ4n) is 2.37. The Morgan fingerprint density at radius 3 is 2.77 bits per heavy atom. The van der Waals surface area contributed by atoms with E-state index < -0.39 is 0 Å². The lowest BCUT2D eigenvalue weighted by molar-refractivity contribution is 0.577. The van der Waals surface area contributed by atoms with Gasteiger partial charge in [0.05, 0.1) is 16.0 Å². The molecule has 3 heterocycles. The fourth-order valence-corrected chi connectivity index (χ4v) is 4.16. The molecule has 0 aromatic carbocycles. The molecule has 0 atom stereocenters. The average Bonchev–Trinajstić information content (AvgIpc) is 3.16. The molecular formula is C14H18N6S2. The molecule has 1 fully saturated rings. The number of piperidine rings is 1. The maximum atomic E-state index is 5.31. The van der Waals surface area contributed by atoms with Gasteiger partial charge < -0.3 is 16.4 Å². The zero-order chi connectivity index (χ0) is 15.4. The summed E-state index contributed by atoms with van der Waals surface area (Å²) in [6.45, 7) is 2.14. The number of nitrogens with zero attached hydrogens (tertiary/aromatic N) is 4. The summed E-state index contributed by atoms with van der Waals surface area (Å²) in [7, 11) is 0. The summed E-state index contributed by atoms with van der Waals surface area (Å²) in [5.74, 6) is -0.0466. The molecule has 0 spiro atoms. The van der Waals surface area contributed by atoms with E-state index in [0.717, 1.165) is 33.7 Å². The standard InChI is InChI=1S/C14H18N6S2/c15-13(16)19-17-9-11-12(10-5-4-8-21-10)18-14(22-11)20-6-2-1-3-7-20/h4-5,8-9H,1-3,6-7H2,(H4,15,16,19)/b17-9+. The molecule has 1 saturated heterocycles. The van der Waals surface area contributed by atoms with E-state index in [9.17, 15) is 0 Å². The molecule has 3 rings (SSSR count). The third kappa shape index (κ3) is 3.45. The SMILES string of the molecule is NC(N)=N/N=C/c1sc(N2CCCCC2)nc1-c1cccs1. The zero-order valence-electron chi connectivity index (χ0n) is 12.1. The van der Waals surface area contributed by atoms with Crippen LogP contribution >= 0.6 is 22.7 Å². The highest BCUT2D eigenvalue weighted by Crippen LogP contribution is 2.35. The van der Waals surface area contributed by atoms with Crippen molar-refractivity contribution in [2.45, 2.75) is 19.3 Å². The number of nitrogens with two attached hydrogens (primary N) is 2. The van der Waals surface area contributed by atoms with Crippen LogP contribution in [0.2, 0.25) is 0 Å². The quantitative estimate of drug-likeness (QED) is 0.510. The van der Waals surface area contributed by atoms with Crippen molar-refractivity contribution in [1.29, 1.82) is 0 Å². The van der Waals surface area contributed by atoms with Crippen LogP contribution in [0.15, 0.2) is 27.7 Å². The summed E-state index contributed by atoms with van der Waals surface area (Å²) < 4.78 is 0. The number of thiazole rings is 1. The molecule has 6 nitrogen and oxygen atoms in total. The molecule has 1 aliphatic rings. The topological polar surface area (TPSA) is 92.9 Å². The van der Waals surface area contributed by atoms with E-state index in [0.29, 0.717) is 0 Å². The Labute approximate surface area is 137 Å². The summed E-state index contributed by atoms with van der Waals surface area (Å²) in [6.07, 6.45) is 5.44. The maximum absolute atomic E-state index is 5.31. The van der Waals surface area contributed by atoms with E-state index in [-0.39, 0.29) is 5.96 Å². The van der Waals surface area contributed by atoms with Gasteiger partial charge in [-0.25, -0.2) is 4.98 Å². The van der Waals surface area contributed by atoms with E-state index in [4.69, 9.17) is 16.5 Å². The second kappa shape index (κ2) is 6.89. The smallest absolute Gasteiger partial charge is 0.211 e. The predicted octanol–water partition coefficient (Wildman–Crippen LogP) is 2.47. The van der Waals surface area contributed by atoms with Crippen LogP contribution in [0.25, 0.3) is 10.6 Å². The normalized spacial score (nSPS) is 15.4. The van der Waals surface area contributed by atoms with Gasteiger partial charge in [0.25, 0.3) is 0 Å². The van der Waals surface area contributed by atoms with Gasteiger partial charge in [-0.05, 0) is 30.7 Å². The van der Waals surface area contributed by atoms with Crippen LogP contribution in [-0.2, 0) is 0 Å². The molecule has 0 bridgehead atoms. The van der Waals surface area contributed by atoms with Gasteiger partial charge >= 0.3 is 0 Å². The van der Waals surface area contributed by atoms with Crippen LogP contribution < -0.4 is 16.4 Å². The number of hydrogen-bond donors (Lipinski definition) is 2. The second-order valence-corrected chi connectivity index (χ2v) is 6.96. The highest BCUT2D eigenvalue weighted by molar-refractivity contribution is 7.18. The molecule has 116 valence electrons. The summed E-state index contributed by atoms with van der Waals surface area (Å²) in [5.41, 5.74) is 11.6. The van der Waals surface area contributed by atoms with Crippen molar-refractivity contribution in [3.05, 3.63) is 22.4 Å². The van der Waals surface area contributed by atoms with E-state index >= 15 is 0 Å². The van der Waals surface area contributed by atoms with Crippen LogP contribution in [0.3, 0.4) is 0 Å². The van der Waals surface area contributed by atoms with E-state index in [2.05, 4.69) is 21.2 Å². The number of anilines is 1. The largest absolute Gasteiger partial charge is 0.369 e. The molecule has 1 aliphatic heterocycles. The Balaban J connectivity index is 1.93. The van der Waals surface area contributed by atoms with Crippen LogP contribution in [0, 0.1) is 0 Å². The average molecular weight is 334 g/mol. The van der Waals surface area contributed by atoms with Crippen LogP contribution in [0.1, 0.15) is 24.1 Å². The van der Waals surface area contributed by atoms with Gasteiger partial charge in [0.15, 0.2) is 5.13 Å². The van der Waals surface area contributed by atoms with Gasteiger partial charge in [-0.1, -0.05) is 17.4 Å². The molecule has 2 aromatic heterocycles. The van der Waals surface area contributed by atoms with Gasteiger partial charge in [0.1, 0.15) is 5.69 Å². The van der Waals surface area contributed by atoms with Gasteiger partial charge in [0, 0.05) is 13.1 Å². The Hall–Kier alpha value is -1.93. The van der Waals surface area contributed by atoms with E-state index in [1.807, 2.05) is 11.4 Å². The Morgan fingerprint density at radius 1 is 1.27 bits per heavy atom. The van der Waals surface area contributed by atoms with Crippen molar-refractivity contribution in [3.63, 3.8) is 0 Å². The molecule has 22 heavy (non-hydrogen) atoms. The minimum atomic E-state index is -0.0466. The zero-order valence-corrected chi connectivity index (χ0v) is 13.7. The Bertz CT molecular complexity index is 664. The van der Waals surface area contributed by atoms with Crippen LogP contribution in [0.5, 0.6) is 0 Å².